The lowest BCUT2D eigenvalue weighted by molar-refractivity contribution is 0.0602. The maximum absolute atomic E-state index is 12.1. The van der Waals surface area contributed by atoms with E-state index in [4.69, 9.17) is 18.9 Å². The molecule has 0 unspecified atom stereocenters. The highest BCUT2D eigenvalue weighted by Crippen LogP contribution is 2.46. The minimum Gasteiger partial charge on any atom is -0.493 e. The molecule has 0 saturated carbocycles. The summed E-state index contributed by atoms with van der Waals surface area (Å²) < 4.78 is 21.5. The summed E-state index contributed by atoms with van der Waals surface area (Å²) in [6.07, 6.45) is 0. The number of carbonyl (C=O) groups is 1. The number of hydrogen-bond donors (Lipinski definition) is 1. The number of anilines is 3. The zero-order chi connectivity index (χ0) is 22.7. The van der Waals surface area contributed by atoms with Crippen LogP contribution in [-0.2, 0) is 17.8 Å². The summed E-state index contributed by atoms with van der Waals surface area (Å²) >= 11 is 0. The average Bonchev–Trinajstić information content (AvgIpc) is 3.26. The fourth-order valence-corrected chi connectivity index (χ4v) is 4.01. The molecule has 0 aromatic heterocycles. The summed E-state index contributed by atoms with van der Waals surface area (Å²) in [7, 11) is 6.22. The van der Waals surface area contributed by atoms with Gasteiger partial charge in [-0.1, -0.05) is 18.2 Å². The van der Waals surface area contributed by atoms with Crippen molar-refractivity contribution in [2.24, 2.45) is 0 Å². The zero-order valence-corrected chi connectivity index (χ0v) is 18.6. The number of hydrogen-bond acceptors (Lipinski definition) is 7. The Kier molecular flexibility index (Phi) is 6.07. The van der Waals surface area contributed by atoms with Gasteiger partial charge in [0.2, 0.25) is 5.75 Å². The molecule has 0 aliphatic carbocycles. The second-order valence-electron chi connectivity index (χ2n) is 7.36. The van der Waals surface area contributed by atoms with Gasteiger partial charge in [-0.3, -0.25) is 0 Å². The normalized spacial score (nSPS) is 12.2. The average molecular weight is 434 g/mol. The lowest BCUT2D eigenvalue weighted by Gasteiger charge is -2.23. The van der Waals surface area contributed by atoms with E-state index in [1.165, 1.54) is 18.2 Å². The summed E-state index contributed by atoms with van der Waals surface area (Å²) in [5.74, 6) is 1.47. The molecule has 1 heterocycles. The van der Waals surface area contributed by atoms with E-state index in [0.29, 0.717) is 28.5 Å². The van der Waals surface area contributed by atoms with Crippen LogP contribution in [0.1, 0.15) is 21.5 Å². The Balaban J connectivity index is 1.60. The number of nitrogens with one attached hydrogen (secondary N) is 1. The van der Waals surface area contributed by atoms with Gasteiger partial charge in [-0.15, -0.1) is 0 Å². The van der Waals surface area contributed by atoms with Gasteiger partial charge >= 0.3 is 5.97 Å². The van der Waals surface area contributed by atoms with Crippen molar-refractivity contribution in [2.45, 2.75) is 13.1 Å². The number of nitrogens with zero attached hydrogens (tertiary/aromatic N) is 1. The van der Waals surface area contributed by atoms with Crippen LogP contribution in [0.15, 0.2) is 54.6 Å². The molecule has 3 aromatic carbocycles. The van der Waals surface area contributed by atoms with E-state index in [0.717, 1.165) is 24.5 Å². The molecule has 0 fully saturated rings. The highest BCUT2D eigenvalue weighted by Gasteiger charge is 2.25. The molecule has 4 rings (SSSR count). The smallest absolute Gasteiger partial charge is 0.339 e. The summed E-state index contributed by atoms with van der Waals surface area (Å²) in [4.78, 5) is 14.3. The Morgan fingerprint density at radius 3 is 2.31 bits per heavy atom. The predicted molar refractivity (Wildman–Crippen MR) is 123 cm³/mol. The Labute approximate surface area is 187 Å². The first kappa shape index (κ1) is 21.4. The number of benzene rings is 3. The molecule has 0 bridgehead atoms. The van der Waals surface area contributed by atoms with Crippen molar-refractivity contribution in [3.63, 3.8) is 0 Å². The van der Waals surface area contributed by atoms with Gasteiger partial charge in [-0.05, 0) is 47.5 Å². The van der Waals surface area contributed by atoms with E-state index in [1.807, 2.05) is 36.4 Å². The molecule has 166 valence electrons. The molecule has 0 spiro atoms. The van der Waals surface area contributed by atoms with Gasteiger partial charge in [-0.25, -0.2) is 4.79 Å². The fraction of sp³-hybridized carbons (Fsp3) is 0.240. The summed E-state index contributed by atoms with van der Waals surface area (Å²) in [5.41, 5.74) is 5.46. The Morgan fingerprint density at radius 2 is 1.59 bits per heavy atom. The van der Waals surface area contributed by atoms with E-state index < -0.39 is 0 Å². The number of para-hydroxylation sites is 1. The third-order valence-corrected chi connectivity index (χ3v) is 5.56. The van der Waals surface area contributed by atoms with Crippen molar-refractivity contribution < 1.29 is 23.7 Å². The predicted octanol–water partition coefficient (Wildman–Crippen LogP) is 4.76. The van der Waals surface area contributed by atoms with E-state index in [2.05, 4.69) is 22.3 Å². The molecule has 32 heavy (non-hydrogen) atoms. The third-order valence-electron chi connectivity index (χ3n) is 5.56. The van der Waals surface area contributed by atoms with Crippen LogP contribution in [-0.4, -0.2) is 34.4 Å². The molecule has 7 heteroatoms. The molecule has 3 aromatic rings. The van der Waals surface area contributed by atoms with Crippen LogP contribution in [0.5, 0.6) is 17.2 Å². The Bertz CT molecular complexity index is 1150. The van der Waals surface area contributed by atoms with Crippen LogP contribution in [0.3, 0.4) is 0 Å². The number of methoxy groups -OCH3 is 4. The summed E-state index contributed by atoms with van der Waals surface area (Å²) in [6, 6.07) is 17.4. The van der Waals surface area contributed by atoms with E-state index in [-0.39, 0.29) is 5.97 Å². The number of fused-ring (bicyclic) bond motifs is 1. The topological polar surface area (TPSA) is 69.3 Å². The van der Waals surface area contributed by atoms with Crippen molar-refractivity contribution in [3.05, 3.63) is 71.3 Å². The number of ether oxygens (including phenoxy) is 4. The SMILES string of the molecule is COC(=O)c1ccccc1Nc1ccc2c(c1)CN(c1ccc(OC)c(OC)c1OC)C2. The van der Waals surface area contributed by atoms with Gasteiger partial charge < -0.3 is 29.2 Å². The molecule has 0 atom stereocenters. The molecule has 1 aliphatic heterocycles. The van der Waals surface area contributed by atoms with Gasteiger partial charge in [0.25, 0.3) is 0 Å². The monoisotopic (exact) mass is 434 g/mol. The van der Waals surface area contributed by atoms with Crippen LogP contribution in [0, 0.1) is 0 Å². The minimum absolute atomic E-state index is 0.374. The van der Waals surface area contributed by atoms with Crippen molar-refractivity contribution >= 4 is 23.0 Å². The lowest BCUT2D eigenvalue weighted by atomic mass is 10.1. The third kappa shape index (κ3) is 3.89. The molecular weight excluding hydrogens is 408 g/mol. The Hall–Kier alpha value is -3.87. The zero-order valence-electron chi connectivity index (χ0n) is 18.6. The van der Waals surface area contributed by atoms with Crippen molar-refractivity contribution in [1.82, 2.24) is 0 Å². The van der Waals surface area contributed by atoms with Crippen LogP contribution < -0.4 is 24.4 Å². The summed E-state index contributed by atoms with van der Waals surface area (Å²) in [5, 5.41) is 3.35. The first-order valence-electron chi connectivity index (χ1n) is 10.2. The van der Waals surface area contributed by atoms with E-state index in [1.54, 1.807) is 27.4 Å². The van der Waals surface area contributed by atoms with Crippen molar-refractivity contribution in [1.29, 1.82) is 0 Å². The molecule has 0 amide bonds. The van der Waals surface area contributed by atoms with E-state index in [9.17, 15) is 4.79 Å². The molecule has 0 saturated heterocycles. The fourth-order valence-electron chi connectivity index (χ4n) is 4.01. The molecular formula is C25H26N2O5. The molecule has 0 radical (unpaired) electrons. The first-order chi connectivity index (χ1) is 15.6. The molecule has 1 aliphatic rings. The quantitative estimate of drug-likeness (QED) is 0.538. The van der Waals surface area contributed by atoms with Crippen LogP contribution in [0.25, 0.3) is 0 Å². The second kappa shape index (κ2) is 9.09. The highest BCUT2D eigenvalue weighted by molar-refractivity contribution is 5.96. The van der Waals surface area contributed by atoms with E-state index >= 15 is 0 Å². The first-order valence-corrected chi connectivity index (χ1v) is 10.2. The van der Waals surface area contributed by atoms with Gasteiger partial charge in [0.15, 0.2) is 11.5 Å². The maximum atomic E-state index is 12.1. The van der Waals surface area contributed by atoms with Crippen LogP contribution in [0.2, 0.25) is 0 Å². The van der Waals surface area contributed by atoms with Gasteiger partial charge in [0.1, 0.15) is 0 Å². The lowest BCUT2D eigenvalue weighted by Crippen LogP contribution is -2.16. The maximum Gasteiger partial charge on any atom is 0.339 e. The van der Waals surface area contributed by atoms with Crippen molar-refractivity contribution in [2.75, 3.05) is 38.7 Å². The Morgan fingerprint density at radius 1 is 0.844 bits per heavy atom. The van der Waals surface area contributed by atoms with Gasteiger partial charge in [-0.2, -0.15) is 0 Å². The minimum atomic E-state index is -0.374. The van der Waals surface area contributed by atoms with Crippen molar-refractivity contribution in [3.8, 4) is 17.2 Å². The number of esters is 1. The summed E-state index contributed by atoms with van der Waals surface area (Å²) in [6.45, 7) is 1.47. The number of carbonyl (C=O) groups excluding carboxylic acids is 1. The van der Waals surface area contributed by atoms with Crippen LogP contribution in [0.4, 0.5) is 17.1 Å². The highest BCUT2D eigenvalue weighted by atomic mass is 16.5. The standard InChI is InChI=1S/C25H26N2O5/c1-29-22-12-11-21(23(30-2)24(22)31-3)27-14-16-9-10-18(13-17(16)15-27)26-20-8-6-5-7-19(20)25(28)32-4/h5-13,26H,14-15H2,1-4H3. The molecule has 7 nitrogen and oxygen atoms in total. The molecule has 1 N–H and O–H groups in total. The largest absolute Gasteiger partial charge is 0.493 e. The van der Waals surface area contributed by atoms with Gasteiger partial charge in [0.05, 0.1) is 45.4 Å². The second-order valence-corrected chi connectivity index (χ2v) is 7.36. The van der Waals surface area contributed by atoms with Crippen LogP contribution >= 0.6 is 0 Å². The van der Waals surface area contributed by atoms with Gasteiger partial charge in [0, 0.05) is 18.8 Å². The number of rotatable bonds is 7.